The van der Waals surface area contributed by atoms with E-state index in [1.54, 1.807) is 37.3 Å². The zero-order valence-corrected chi connectivity index (χ0v) is 19.6. The van der Waals surface area contributed by atoms with Gasteiger partial charge < -0.3 is 10.1 Å². The van der Waals surface area contributed by atoms with Crippen molar-refractivity contribution in [2.24, 2.45) is 0 Å². The molecule has 9 nitrogen and oxygen atoms in total. The number of aryl methyl sites for hydroxylation is 2. The van der Waals surface area contributed by atoms with Crippen LogP contribution in [0.4, 0.5) is 5.69 Å². The van der Waals surface area contributed by atoms with E-state index in [0.29, 0.717) is 37.6 Å². The van der Waals surface area contributed by atoms with Crippen molar-refractivity contribution in [1.29, 1.82) is 0 Å². The van der Waals surface area contributed by atoms with Crippen LogP contribution in [-0.4, -0.2) is 65.6 Å². The molecule has 0 saturated carbocycles. The molecule has 0 aromatic heterocycles. The van der Waals surface area contributed by atoms with Gasteiger partial charge in [-0.1, -0.05) is 23.8 Å². The molecule has 0 radical (unpaired) electrons. The fourth-order valence-electron chi connectivity index (χ4n) is 3.19. The lowest BCUT2D eigenvalue weighted by Crippen LogP contribution is -2.43. The SMILES string of the molecule is Cc1ccc(NS(=O)(=O)c2ccc(C)c(C(=O)NCCS(=O)(=O)N3CCOCC3)c2)cc1. The quantitative estimate of drug-likeness (QED) is 0.589. The number of benzene rings is 2. The summed E-state index contributed by atoms with van der Waals surface area (Å²) in [4.78, 5) is 12.6. The molecule has 1 heterocycles. The van der Waals surface area contributed by atoms with Crippen molar-refractivity contribution >= 4 is 31.6 Å². The first-order valence-corrected chi connectivity index (χ1v) is 13.2. The number of morpholine rings is 1. The second-order valence-corrected chi connectivity index (χ2v) is 11.3. The highest BCUT2D eigenvalue weighted by molar-refractivity contribution is 7.92. The standard InChI is InChI=1S/C21H27N3O6S2/c1-16-3-6-18(7-4-16)23-32(28,29)19-8-5-17(2)20(15-19)21(25)22-9-14-31(26,27)24-10-12-30-13-11-24/h3-8,15,23H,9-14H2,1-2H3,(H,22,25). The third kappa shape index (κ3) is 6.06. The van der Waals surface area contributed by atoms with Gasteiger partial charge in [-0.05, 0) is 43.7 Å². The summed E-state index contributed by atoms with van der Waals surface area (Å²) in [5, 5.41) is 2.58. The molecule has 11 heteroatoms. The largest absolute Gasteiger partial charge is 0.379 e. The summed E-state index contributed by atoms with van der Waals surface area (Å²) in [7, 11) is -7.41. The Morgan fingerprint density at radius 1 is 1.00 bits per heavy atom. The van der Waals surface area contributed by atoms with E-state index >= 15 is 0 Å². The third-order valence-corrected chi connectivity index (χ3v) is 8.33. The van der Waals surface area contributed by atoms with Crippen LogP contribution in [-0.2, 0) is 24.8 Å². The zero-order valence-electron chi connectivity index (χ0n) is 18.0. The Morgan fingerprint density at radius 2 is 1.66 bits per heavy atom. The maximum atomic E-state index is 12.8. The topological polar surface area (TPSA) is 122 Å². The summed E-state index contributed by atoms with van der Waals surface area (Å²) in [6, 6.07) is 11.1. The average molecular weight is 482 g/mol. The van der Waals surface area contributed by atoms with Crippen LogP contribution >= 0.6 is 0 Å². The van der Waals surface area contributed by atoms with Gasteiger partial charge in [0, 0.05) is 30.9 Å². The Kier molecular flexibility index (Phi) is 7.55. The molecule has 2 aromatic rings. The molecule has 0 unspecified atom stereocenters. The molecule has 3 rings (SSSR count). The first-order chi connectivity index (χ1) is 15.1. The number of amides is 1. The molecular weight excluding hydrogens is 454 g/mol. The molecule has 1 amide bonds. The van der Waals surface area contributed by atoms with Crippen molar-refractivity contribution in [2.75, 3.05) is 43.3 Å². The highest BCUT2D eigenvalue weighted by Crippen LogP contribution is 2.20. The molecule has 174 valence electrons. The molecule has 0 aliphatic carbocycles. The number of rotatable bonds is 8. The molecular formula is C21H27N3O6S2. The average Bonchev–Trinajstić information content (AvgIpc) is 2.76. The minimum atomic E-state index is -3.90. The number of hydrogen-bond acceptors (Lipinski definition) is 6. The Labute approximate surface area is 188 Å². The van der Waals surface area contributed by atoms with Crippen LogP contribution in [0.5, 0.6) is 0 Å². The lowest BCUT2D eigenvalue weighted by molar-refractivity contribution is 0.0730. The Morgan fingerprint density at radius 3 is 2.31 bits per heavy atom. The van der Waals surface area contributed by atoms with E-state index < -0.39 is 26.0 Å². The van der Waals surface area contributed by atoms with Gasteiger partial charge in [0.15, 0.2) is 0 Å². The first-order valence-electron chi connectivity index (χ1n) is 10.1. The molecule has 1 aliphatic rings. The van der Waals surface area contributed by atoms with Crippen molar-refractivity contribution < 1.29 is 26.4 Å². The Balaban J connectivity index is 1.67. The summed E-state index contributed by atoms with van der Waals surface area (Å²) < 4.78 is 59.3. The van der Waals surface area contributed by atoms with Crippen molar-refractivity contribution in [1.82, 2.24) is 9.62 Å². The number of anilines is 1. The predicted octanol–water partition coefficient (Wildman–Crippen LogP) is 1.50. The number of nitrogens with zero attached hydrogens (tertiary/aromatic N) is 1. The Bertz CT molecular complexity index is 1170. The van der Waals surface area contributed by atoms with E-state index in [2.05, 4.69) is 10.0 Å². The molecule has 32 heavy (non-hydrogen) atoms. The normalized spacial score (nSPS) is 15.3. The minimum Gasteiger partial charge on any atom is -0.379 e. The number of hydrogen-bond donors (Lipinski definition) is 2. The van der Waals surface area contributed by atoms with Crippen molar-refractivity contribution in [2.45, 2.75) is 18.7 Å². The van der Waals surface area contributed by atoms with Gasteiger partial charge in [0.2, 0.25) is 10.0 Å². The Hall–Kier alpha value is -2.47. The van der Waals surface area contributed by atoms with Gasteiger partial charge in [-0.25, -0.2) is 16.8 Å². The highest BCUT2D eigenvalue weighted by Gasteiger charge is 2.24. The molecule has 2 aromatic carbocycles. The summed E-state index contributed by atoms with van der Waals surface area (Å²) in [6.07, 6.45) is 0. The molecule has 0 bridgehead atoms. The summed E-state index contributed by atoms with van der Waals surface area (Å²) >= 11 is 0. The summed E-state index contributed by atoms with van der Waals surface area (Å²) in [5.41, 5.74) is 2.15. The van der Waals surface area contributed by atoms with Crippen molar-refractivity contribution in [3.8, 4) is 0 Å². The van der Waals surface area contributed by atoms with E-state index in [4.69, 9.17) is 4.74 Å². The van der Waals surface area contributed by atoms with Crippen molar-refractivity contribution in [3.63, 3.8) is 0 Å². The van der Waals surface area contributed by atoms with Crippen LogP contribution in [0.2, 0.25) is 0 Å². The summed E-state index contributed by atoms with van der Waals surface area (Å²) in [6.45, 7) is 4.78. The van der Waals surface area contributed by atoms with Gasteiger partial charge in [0.25, 0.3) is 15.9 Å². The van der Waals surface area contributed by atoms with Gasteiger partial charge in [0.05, 0.1) is 23.9 Å². The summed E-state index contributed by atoms with van der Waals surface area (Å²) in [5.74, 6) is -0.780. The van der Waals surface area contributed by atoms with E-state index in [9.17, 15) is 21.6 Å². The van der Waals surface area contributed by atoms with E-state index in [-0.39, 0.29) is 22.8 Å². The molecule has 2 N–H and O–H groups in total. The number of carbonyl (C=O) groups is 1. The van der Waals surface area contributed by atoms with E-state index in [1.807, 2.05) is 6.92 Å². The maximum Gasteiger partial charge on any atom is 0.261 e. The minimum absolute atomic E-state index is 0.0604. The van der Waals surface area contributed by atoms with Crippen LogP contribution in [0.25, 0.3) is 0 Å². The highest BCUT2D eigenvalue weighted by atomic mass is 32.2. The lowest BCUT2D eigenvalue weighted by atomic mass is 10.1. The second-order valence-electron chi connectivity index (χ2n) is 7.53. The smallest absolute Gasteiger partial charge is 0.261 e. The van der Waals surface area contributed by atoms with Gasteiger partial charge in [-0.3, -0.25) is 9.52 Å². The fourth-order valence-corrected chi connectivity index (χ4v) is 5.60. The van der Waals surface area contributed by atoms with E-state index in [0.717, 1.165) is 5.56 Å². The van der Waals surface area contributed by atoms with Crippen LogP contribution in [0, 0.1) is 13.8 Å². The van der Waals surface area contributed by atoms with Gasteiger partial charge in [-0.2, -0.15) is 4.31 Å². The third-order valence-electron chi connectivity index (χ3n) is 5.08. The second kappa shape index (κ2) is 9.99. The van der Waals surface area contributed by atoms with Gasteiger partial charge >= 0.3 is 0 Å². The number of nitrogens with one attached hydrogen (secondary N) is 2. The molecule has 1 saturated heterocycles. The molecule has 1 fully saturated rings. The number of carbonyl (C=O) groups excluding carboxylic acids is 1. The van der Waals surface area contributed by atoms with E-state index in [1.165, 1.54) is 16.4 Å². The lowest BCUT2D eigenvalue weighted by Gasteiger charge is -2.26. The van der Waals surface area contributed by atoms with Crippen LogP contribution < -0.4 is 10.0 Å². The van der Waals surface area contributed by atoms with Gasteiger partial charge in [0.1, 0.15) is 0 Å². The van der Waals surface area contributed by atoms with Crippen LogP contribution in [0.15, 0.2) is 47.4 Å². The maximum absolute atomic E-state index is 12.8. The monoisotopic (exact) mass is 481 g/mol. The molecule has 0 atom stereocenters. The molecule has 0 spiro atoms. The fraction of sp³-hybridized carbons (Fsp3) is 0.381. The number of sulfonamides is 2. The van der Waals surface area contributed by atoms with Crippen molar-refractivity contribution in [3.05, 3.63) is 59.2 Å². The first kappa shape index (κ1) is 24.2. The molecule has 1 aliphatic heterocycles. The van der Waals surface area contributed by atoms with Gasteiger partial charge in [-0.15, -0.1) is 0 Å². The number of ether oxygens (including phenoxy) is 1. The van der Waals surface area contributed by atoms with Crippen LogP contribution in [0.1, 0.15) is 21.5 Å². The van der Waals surface area contributed by atoms with Crippen LogP contribution in [0.3, 0.4) is 0 Å². The predicted molar refractivity (Wildman–Crippen MR) is 122 cm³/mol. The zero-order chi connectivity index (χ0) is 23.4.